The van der Waals surface area contributed by atoms with Crippen molar-refractivity contribution < 1.29 is 9.05 Å². The van der Waals surface area contributed by atoms with Gasteiger partial charge in [0.2, 0.25) is 0 Å². The average molecular weight is 554 g/mol. The van der Waals surface area contributed by atoms with E-state index in [-0.39, 0.29) is 13.0 Å². The zero-order valence-electron chi connectivity index (χ0n) is 24.7. The summed E-state index contributed by atoms with van der Waals surface area (Å²) in [6.07, 6.45) is 1.94. The second kappa shape index (κ2) is 13.4. The number of para-hydroxylation sites is 1. The van der Waals surface area contributed by atoms with Gasteiger partial charge >= 0.3 is 0 Å². The van der Waals surface area contributed by atoms with Gasteiger partial charge in [-0.15, -0.1) is 0 Å². The van der Waals surface area contributed by atoms with Gasteiger partial charge in [-0.3, -0.25) is 4.79 Å². The van der Waals surface area contributed by atoms with Crippen molar-refractivity contribution in [1.29, 1.82) is 0 Å². The number of nitrogens with zero attached hydrogens (tertiary/aromatic N) is 3. The van der Waals surface area contributed by atoms with E-state index < -0.39 is 0 Å². The third-order valence-corrected chi connectivity index (χ3v) is 6.90. The Labute approximate surface area is 243 Å². The van der Waals surface area contributed by atoms with Crippen LogP contribution in [-0.2, 0) is 7.05 Å². The first kappa shape index (κ1) is 31.3. The molecule has 0 aliphatic heterocycles. The van der Waals surface area contributed by atoms with Gasteiger partial charge in [0.25, 0.3) is 5.56 Å². The van der Waals surface area contributed by atoms with Gasteiger partial charge < -0.3 is 13.6 Å². The van der Waals surface area contributed by atoms with Gasteiger partial charge in [0.05, 0.1) is 11.4 Å². The minimum absolute atomic E-state index is 0. The summed E-state index contributed by atoms with van der Waals surface area (Å²) in [5.41, 5.74) is 6.42. The molecule has 0 fully saturated rings. The molecule has 0 amide bonds. The molecule has 0 N–H and O–H groups in total. The summed E-state index contributed by atoms with van der Waals surface area (Å²) in [6, 6.07) is 21.9. The maximum atomic E-state index is 11.9. The zero-order chi connectivity index (χ0) is 29.0. The lowest BCUT2D eigenvalue weighted by molar-refractivity contribution is 0.441. The molecule has 216 valence electrons. The van der Waals surface area contributed by atoms with E-state index >= 15 is 0 Å². The van der Waals surface area contributed by atoms with E-state index in [1.807, 2.05) is 66.9 Å². The molecule has 0 saturated heterocycles. The van der Waals surface area contributed by atoms with Crippen molar-refractivity contribution in [1.82, 2.24) is 14.9 Å². The molecule has 3 heterocycles. The summed E-state index contributed by atoms with van der Waals surface area (Å²) >= 11 is 0. The molecule has 0 unspecified atom stereocenters. The fourth-order valence-corrected chi connectivity index (χ4v) is 4.72. The highest BCUT2D eigenvalue weighted by atomic mass is 16.5. The first-order valence-corrected chi connectivity index (χ1v) is 13.9. The molecule has 0 spiro atoms. The number of aromatic nitrogens is 3. The predicted molar refractivity (Wildman–Crippen MR) is 171 cm³/mol. The Morgan fingerprint density at radius 3 is 1.76 bits per heavy atom. The van der Waals surface area contributed by atoms with Crippen LogP contribution in [0.3, 0.4) is 0 Å². The van der Waals surface area contributed by atoms with Crippen LogP contribution in [-0.4, -0.2) is 14.9 Å². The van der Waals surface area contributed by atoms with E-state index in [9.17, 15) is 4.79 Å². The topological polar surface area (TPSA) is 74.1 Å². The van der Waals surface area contributed by atoms with Gasteiger partial charge in [-0.25, -0.2) is 0 Å². The van der Waals surface area contributed by atoms with Gasteiger partial charge in [0.1, 0.15) is 0 Å². The number of hydrogen-bond donors (Lipinski definition) is 0. The van der Waals surface area contributed by atoms with Crippen molar-refractivity contribution in [3.63, 3.8) is 0 Å². The number of aryl methyl sites for hydroxylation is 2. The smallest absolute Gasteiger partial charge is 0.258 e. The second-order valence-corrected chi connectivity index (χ2v) is 11.1. The molecular weight excluding hydrogens is 510 g/mol. The van der Waals surface area contributed by atoms with Crippen molar-refractivity contribution in [2.45, 2.75) is 73.6 Å². The van der Waals surface area contributed by atoms with Crippen LogP contribution in [0, 0.1) is 6.92 Å². The third-order valence-electron chi connectivity index (χ3n) is 6.90. The molecule has 0 bridgehead atoms. The van der Waals surface area contributed by atoms with Crippen LogP contribution in [0.2, 0.25) is 0 Å². The van der Waals surface area contributed by atoms with E-state index in [1.165, 1.54) is 11.1 Å². The van der Waals surface area contributed by atoms with Crippen LogP contribution in [0.15, 0.2) is 86.8 Å². The van der Waals surface area contributed by atoms with E-state index in [0.717, 1.165) is 44.1 Å². The number of pyridine rings is 1. The lowest BCUT2D eigenvalue weighted by Gasteiger charge is -2.11. The highest BCUT2D eigenvalue weighted by molar-refractivity contribution is 5.85. The molecule has 41 heavy (non-hydrogen) atoms. The Morgan fingerprint density at radius 1 is 0.659 bits per heavy atom. The van der Waals surface area contributed by atoms with Crippen molar-refractivity contribution in [3.05, 3.63) is 106 Å². The second-order valence-electron chi connectivity index (χ2n) is 11.1. The third kappa shape index (κ3) is 6.94. The molecule has 3 aromatic heterocycles. The monoisotopic (exact) mass is 553 g/mol. The number of benzene rings is 3. The molecule has 0 aliphatic rings. The Bertz CT molecular complexity index is 1790. The van der Waals surface area contributed by atoms with Crippen LogP contribution in [0.5, 0.6) is 0 Å². The van der Waals surface area contributed by atoms with Crippen molar-refractivity contribution in [2.24, 2.45) is 7.05 Å². The Hall–Kier alpha value is -4.19. The minimum Gasteiger partial charge on any atom is -0.356 e. The first-order chi connectivity index (χ1) is 19.1. The number of hydrogen-bond acceptors (Lipinski definition) is 5. The molecule has 6 nitrogen and oxygen atoms in total. The van der Waals surface area contributed by atoms with Gasteiger partial charge in [-0.2, -0.15) is 0 Å². The standard InChI is InChI=1S/C13H15NO.C11H13NO.C10H11NO.CH4/c1-9(2)12-8-14(3)13(15)11-7-5-4-6-10(11)12;1-7(2)11-9-6-8(3)4-5-10(9)13-12-11;1-7(2)10-8-5-3-4-6-9(8)12-11-10;/h4-9H,1-3H3;4-7H,1-3H3;3-7H,1-2H3;1H4. The molecule has 6 rings (SSSR count). The van der Waals surface area contributed by atoms with Gasteiger partial charge in [-0.1, -0.05) is 101 Å². The van der Waals surface area contributed by atoms with Gasteiger partial charge in [0, 0.05) is 29.4 Å². The molecule has 3 aromatic carbocycles. The van der Waals surface area contributed by atoms with E-state index in [4.69, 9.17) is 9.05 Å². The highest BCUT2D eigenvalue weighted by Crippen LogP contribution is 2.26. The van der Waals surface area contributed by atoms with Crippen LogP contribution in [0.4, 0.5) is 0 Å². The largest absolute Gasteiger partial charge is 0.356 e. The molecule has 6 heteroatoms. The van der Waals surface area contributed by atoms with Crippen LogP contribution in [0.1, 0.15) is 89.2 Å². The average Bonchev–Trinajstić information content (AvgIpc) is 3.56. The molecule has 0 atom stereocenters. The summed E-state index contributed by atoms with van der Waals surface area (Å²) in [7, 11) is 1.81. The predicted octanol–water partition coefficient (Wildman–Crippen LogP) is 9.51. The fraction of sp³-hybridized carbons (Fsp3) is 0.343. The Balaban J connectivity index is 0.000000168. The Kier molecular flexibility index (Phi) is 10.3. The maximum Gasteiger partial charge on any atom is 0.258 e. The zero-order valence-corrected chi connectivity index (χ0v) is 24.7. The molecule has 6 aromatic rings. The summed E-state index contributed by atoms with van der Waals surface area (Å²) in [5, 5.41) is 12.3. The number of fused-ring (bicyclic) bond motifs is 3. The van der Waals surface area contributed by atoms with Crippen LogP contribution in [0.25, 0.3) is 32.7 Å². The van der Waals surface area contributed by atoms with Crippen molar-refractivity contribution >= 4 is 32.7 Å². The van der Waals surface area contributed by atoms with E-state index in [1.54, 1.807) is 11.6 Å². The van der Waals surface area contributed by atoms with Gasteiger partial charge in [-0.05, 0) is 66.0 Å². The molecule has 0 saturated carbocycles. The number of rotatable bonds is 3. The molecule has 0 aliphatic carbocycles. The van der Waals surface area contributed by atoms with Crippen molar-refractivity contribution in [3.8, 4) is 0 Å². The SMILES string of the molecule is C.CC(C)c1cn(C)c(=O)c2ccccc12.CC(C)c1noc2ccccc12.Cc1ccc2onc(C(C)C)c2c1. The van der Waals surface area contributed by atoms with Crippen LogP contribution >= 0.6 is 0 Å². The lowest BCUT2D eigenvalue weighted by Crippen LogP contribution is -2.17. The maximum absolute atomic E-state index is 11.9. The Morgan fingerprint density at radius 2 is 1.17 bits per heavy atom. The summed E-state index contributed by atoms with van der Waals surface area (Å²) < 4.78 is 12.0. The van der Waals surface area contributed by atoms with Crippen LogP contribution < -0.4 is 5.56 Å². The normalized spacial score (nSPS) is 11.0. The summed E-state index contributed by atoms with van der Waals surface area (Å²) in [4.78, 5) is 11.9. The highest BCUT2D eigenvalue weighted by Gasteiger charge is 2.11. The first-order valence-electron chi connectivity index (χ1n) is 13.9. The van der Waals surface area contributed by atoms with Crippen molar-refractivity contribution in [2.75, 3.05) is 0 Å². The quantitative estimate of drug-likeness (QED) is 0.218. The molecule has 0 radical (unpaired) electrons. The molecular formula is C35H43N3O3. The minimum atomic E-state index is 0. The summed E-state index contributed by atoms with van der Waals surface area (Å²) in [5.74, 6) is 1.28. The lowest BCUT2D eigenvalue weighted by atomic mass is 9.99. The fourth-order valence-electron chi connectivity index (χ4n) is 4.72. The van der Waals surface area contributed by atoms with E-state index in [2.05, 4.69) is 64.8 Å². The van der Waals surface area contributed by atoms with Gasteiger partial charge in [0.15, 0.2) is 11.2 Å². The van der Waals surface area contributed by atoms with E-state index in [0.29, 0.717) is 17.8 Å². The summed E-state index contributed by atoms with van der Waals surface area (Å²) in [6.45, 7) is 14.9.